The number of rotatable bonds is 1. The number of carbonyl (C=O) groups is 1. The molecule has 7 heteroatoms. The third-order valence-corrected chi connectivity index (χ3v) is 3.12. The zero-order valence-corrected chi connectivity index (χ0v) is 10.2. The van der Waals surface area contributed by atoms with Crippen LogP contribution in [0.3, 0.4) is 0 Å². The highest BCUT2D eigenvalue weighted by atomic mass is 32.2. The SMILES string of the molecule is Cc1ccc(/C=C2\C(=N)N3N=CSC3=NC2=O)o1. The molecule has 0 radical (unpaired) electrons. The molecular formula is C11H8N4O2S. The molecule has 3 rings (SSSR count). The number of hydrogen-bond acceptors (Lipinski definition) is 5. The molecule has 1 N–H and O–H groups in total. The minimum atomic E-state index is -0.446. The van der Waals surface area contributed by atoms with Gasteiger partial charge < -0.3 is 4.42 Å². The van der Waals surface area contributed by atoms with Crippen molar-refractivity contribution in [1.82, 2.24) is 5.01 Å². The van der Waals surface area contributed by atoms with Crippen LogP contribution in [-0.2, 0) is 4.79 Å². The number of nitrogens with one attached hydrogen (secondary N) is 1. The van der Waals surface area contributed by atoms with Crippen LogP contribution >= 0.6 is 11.8 Å². The average molecular weight is 260 g/mol. The molecule has 1 aromatic heterocycles. The molecule has 1 amide bonds. The van der Waals surface area contributed by atoms with Crippen LogP contribution in [0.1, 0.15) is 11.5 Å². The topological polar surface area (TPSA) is 82.0 Å². The van der Waals surface area contributed by atoms with E-state index in [4.69, 9.17) is 9.83 Å². The van der Waals surface area contributed by atoms with Gasteiger partial charge in [-0.25, -0.2) is 0 Å². The number of fused-ring (bicyclic) bond motifs is 1. The first-order chi connectivity index (χ1) is 8.65. The first kappa shape index (κ1) is 11.0. The van der Waals surface area contributed by atoms with E-state index in [1.54, 1.807) is 17.7 Å². The lowest BCUT2D eigenvalue weighted by atomic mass is 10.1. The van der Waals surface area contributed by atoms with E-state index in [0.717, 1.165) is 5.76 Å². The van der Waals surface area contributed by atoms with Gasteiger partial charge in [-0.05, 0) is 36.9 Å². The fourth-order valence-electron chi connectivity index (χ4n) is 1.61. The number of nitrogens with zero attached hydrogens (tertiary/aromatic N) is 3. The van der Waals surface area contributed by atoms with Gasteiger partial charge in [-0.1, -0.05) is 0 Å². The fourth-order valence-corrected chi connectivity index (χ4v) is 2.22. The molecule has 3 heterocycles. The van der Waals surface area contributed by atoms with Gasteiger partial charge >= 0.3 is 0 Å². The Bertz CT molecular complexity index is 641. The van der Waals surface area contributed by atoms with Crippen LogP contribution in [-0.4, -0.2) is 27.5 Å². The van der Waals surface area contributed by atoms with Crippen LogP contribution in [0, 0.1) is 12.3 Å². The van der Waals surface area contributed by atoms with Crippen molar-refractivity contribution in [3.05, 3.63) is 29.2 Å². The Morgan fingerprint density at radius 1 is 1.50 bits per heavy atom. The molecule has 0 fully saturated rings. The van der Waals surface area contributed by atoms with Gasteiger partial charge in [0.15, 0.2) is 11.0 Å². The largest absolute Gasteiger partial charge is 0.462 e. The molecule has 0 bridgehead atoms. The average Bonchev–Trinajstić information content (AvgIpc) is 2.93. The van der Waals surface area contributed by atoms with E-state index in [1.807, 2.05) is 6.92 Å². The van der Waals surface area contributed by atoms with Gasteiger partial charge in [-0.2, -0.15) is 15.1 Å². The summed E-state index contributed by atoms with van der Waals surface area (Å²) in [4.78, 5) is 15.7. The fraction of sp³-hybridized carbons (Fsp3) is 0.0909. The van der Waals surface area contributed by atoms with E-state index in [-0.39, 0.29) is 11.4 Å². The van der Waals surface area contributed by atoms with Crippen molar-refractivity contribution in [3.8, 4) is 0 Å². The normalized spacial score (nSPS) is 20.6. The van der Waals surface area contributed by atoms with Crippen LogP contribution in [0.2, 0.25) is 0 Å². The highest BCUT2D eigenvalue weighted by Gasteiger charge is 2.32. The monoisotopic (exact) mass is 260 g/mol. The van der Waals surface area contributed by atoms with Crippen molar-refractivity contribution >= 4 is 40.3 Å². The molecule has 90 valence electrons. The van der Waals surface area contributed by atoms with E-state index >= 15 is 0 Å². The van der Waals surface area contributed by atoms with Gasteiger partial charge in [0.05, 0.1) is 11.1 Å². The Morgan fingerprint density at radius 2 is 2.33 bits per heavy atom. The van der Waals surface area contributed by atoms with Crippen LogP contribution in [0.5, 0.6) is 0 Å². The maximum Gasteiger partial charge on any atom is 0.283 e. The van der Waals surface area contributed by atoms with E-state index in [2.05, 4.69) is 10.1 Å². The maximum absolute atomic E-state index is 11.8. The van der Waals surface area contributed by atoms with Crippen molar-refractivity contribution in [3.63, 3.8) is 0 Å². The van der Waals surface area contributed by atoms with Crippen LogP contribution in [0.15, 0.2) is 32.2 Å². The van der Waals surface area contributed by atoms with Gasteiger partial charge in [-0.3, -0.25) is 10.2 Å². The molecule has 2 aliphatic heterocycles. The summed E-state index contributed by atoms with van der Waals surface area (Å²) in [6.07, 6.45) is 1.51. The predicted molar refractivity (Wildman–Crippen MR) is 69.5 cm³/mol. The summed E-state index contributed by atoms with van der Waals surface area (Å²) in [5.74, 6) is 0.837. The zero-order chi connectivity index (χ0) is 12.7. The van der Waals surface area contributed by atoms with Gasteiger partial charge in [0.25, 0.3) is 5.91 Å². The van der Waals surface area contributed by atoms with E-state index in [1.165, 1.54) is 22.8 Å². The molecule has 0 saturated carbocycles. The second-order valence-corrected chi connectivity index (χ2v) is 4.52. The van der Waals surface area contributed by atoms with Crippen molar-refractivity contribution in [2.75, 3.05) is 0 Å². The number of hydrazone groups is 1. The Labute approximate surface area is 107 Å². The number of carbonyl (C=O) groups excluding carboxylic acids is 1. The van der Waals surface area contributed by atoms with Crippen LogP contribution in [0.4, 0.5) is 0 Å². The van der Waals surface area contributed by atoms with Gasteiger partial charge in [0, 0.05) is 0 Å². The first-order valence-corrected chi connectivity index (χ1v) is 6.02. The summed E-state index contributed by atoms with van der Waals surface area (Å²) in [6, 6.07) is 3.53. The highest BCUT2D eigenvalue weighted by Crippen LogP contribution is 2.25. The minimum absolute atomic E-state index is 0.0142. The quantitative estimate of drug-likeness (QED) is 0.781. The Kier molecular flexibility index (Phi) is 2.41. The molecule has 0 aliphatic carbocycles. The number of aliphatic imine (C=N–C) groups is 1. The second-order valence-electron chi connectivity index (χ2n) is 3.71. The Morgan fingerprint density at radius 3 is 3.06 bits per heavy atom. The number of thioether (sulfide) groups is 1. The van der Waals surface area contributed by atoms with Gasteiger partial charge in [0.1, 0.15) is 11.5 Å². The third-order valence-electron chi connectivity index (χ3n) is 2.44. The molecule has 6 nitrogen and oxygen atoms in total. The van der Waals surface area contributed by atoms with Crippen molar-refractivity contribution < 1.29 is 9.21 Å². The molecule has 2 aliphatic rings. The summed E-state index contributed by atoms with van der Waals surface area (Å²) >= 11 is 1.22. The lowest BCUT2D eigenvalue weighted by Crippen LogP contribution is -2.35. The third kappa shape index (κ3) is 1.68. The number of hydrogen-bond donors (Lipinski definition) is 1. The Balaban J connectivity index is 2.02. The number of furan rings is 1. The minimum Gasteiger partial charge on any atom is -0.462 e. The molecule has 0 saturated heterocycles. The van der Waals surface area contributed by atoms with Gasteiger partial charge in [0.2, 0.25) is 0 Å². The summed E-state index contributed by atoms with van der Waals surface area (Å²) in [5, 5.41) is 13.7. The summed E-state index contributed by atoms with van der Waals surface area (Å²) in [6.45, 7) is 1.81. The smallest absolute Gasteiger partial charge is 0.283 e. The lowest BCUT2D eigenvalue weighted by Gasteiger charge is -2.19. The van der Waals surface area contributed by atoms with Crippen LogP contribution in [0.25, 0.3) is 6.08 Å². The van der Waals surface area contributed by atoms with Gasteiger partial charge in [-0.15, -0.1) is 0 Å². The molecule has 1 aromatic rings. The molecule has 0 atom stereocenters. The molecule has 18 heavy (non-hydrogen) atoms. The van der Waals surface area contributed by atoms with E-state index in [9.17, 15) is 4.79 Å². The summed E-state index contributed by atoms with van der Waals surface area (Å²) in [5.41, 5.74) is 1.72. The predicted octanol–water partition coefficient (Wildman–Crippen LogP) is 1.84. The highest BCUT2D eigenvalue weighted by molar-refractivity contribution is 8.25. The number of aryl methyl sites for hydroxylation is 1. The van der Waals surface area contributed by atoms with E-state index < -0.39 is 5.91 Å². The molecule has 0 unspecified atom stereocenters. The molecule has 0 spiro atoms. The van der Waals surface area contributed by atoms with E-state index in [0.29, 0.717) is 10.9 Å². The Hall–Kier alpha value is -2.15. The van der Waals surface area contributed by atoms with Crippen molar-refractivity contribution in [2.45, 2.75) is 6.92 Å². The zero-order valence-electron chi connectivity index (χ0n) is 9.38. The standard InChI is InChI=1S/C11H8N4O2S/c1-6-2-3-7(17-6)4-8-9(12)15-11(14-10(8)16)18-5-13-15/h2-5,12H,1H3/b8-4+,12-9?. The van der Waals surface area contributed by atoms with Crippen molar-refractivity contribution in [1.29, 1.82) is 5.41 Å². The number of amides is 1. The molecule has 0 aromatic carbocycles. The lowest BCUT2D eigenvalue weighted by molar-refractivity contribution is -0.114. The van der Waals surface area contributed by atoms with Crippen LogP contribution < -0.4 is 0 Å². The summed E-state index contributed by atoms with van der Waals surface area (Å²) < 4.78 is 5.36. The van der Waals surface area contributed by atoms with Crippen molar-refractivity contribution in [2.24, 2.45) is 10.1 Å². The second kappa shape index (κ2) is 3.95. The first-order valence-electron chi connectivity index (χ1n) is 5.14. The molecular weight excluding hydrogens is 252 g/mol. The maximum atomic E-state index is 11.8. The summed E-state index contributed by atoms with van der Waals surface area (Å²) in [7, 11) is 0. The number of amidine groups is 2.